The summed E-state index contributed by atoms with van der Waals surface area (Å²) < 4.78 is 10.4. The number of rotatable bonds is 10. The van der Waals surface area contributed by atoms with E-state index in [4.69, 9.17) is 9.47 Å². The second-order valence-corrected chi connectivity index (χ2v) is 13.7. The van der Waals surface area contributed by atoms with Gasteiger partial charge >= 0.3 is 12.1 Å². The number of carbonyl (C=O) groups is 3. The zero-order valence-electron chi connectivity index (χ0n) is 26.3. The van der Waals surface area contributed by atoms with E-state index >= 15 is 0 Å². The number of hydrogen-bond donors (Lipinski definition) is 0. The fourth-order valence-electron chi connectivity index (χ4n) is 5.55. The van der Waals surface area contributed by atoms with E-state index in [0.29, 0.717) is 25.2 Å². The SMILES string of the molecule is CCCCCC1=CCC(C(=O)N(Cc2ccc(-c3ccc(C(=O)OC)cc3)cc2)C2CCN(C(=O)OC(C)(C)C)CC2)S1. The van der Waals surface area contributed by atoms with Crippen molar-refractivity contribution in [1.82, 2.24) is 9.80 Å². The third-order valence-corrected chi connectivity index (χ3v) is 9.29. The first-order valence-corrected chi connectivity index (χ1v) is 16.4. The molecule has 0 aliphatic carbocycles. The normalized spacial score (nSPS) is 17.4. The summed E-state index contributed by atoms with van der Waals surface area (Å²) in [6.07, 6.45) is 8.82. The number of hydrogen-bond acceptors (Lipinski definition) is 6. The number of amides is 2. The van der Waals surface area contributed by atoms with Gasteiger partial charge in [-0.15, -0.1) is 11.8 Å². The predicted molar refractivity (Wildman–Crippen MR) is 173 cm³/mol. The van der Waals surface area contributed by atoms with Gasteiger partial charge in [-0.1, -0.05) is 62.2 Å². The molecule has 0 N–H and O–H groups in total. The fraction of sp³-hybridized carbons (Fsp3) is 0.514. The number of likely N-dealkylation sites (tertiary alicyclic amines) is 1. The second-order valence-electron chi connectivity index (χ2n) is 12.4. The molecule has 4 rings (SSSR count). The van der Waals surface area contributed by atoms with E-state index < -0.39 is 5.60 Å². The molecule has 0 saturated carbocycles. The number of ether oxygens (including phenoxy) is 2. The van der Waals surface area contributed by atoms with Crippen LogP contribution in [0.3, 0.4) is 0 Å². The number of esters is 1. The summed E-state index contributed by atoms with van der Waals surface area (Å²) in [4.78, 5) is 43.7. The lowest BCUT2D eigenvalue weighted by Gasteiger charge is -2.40. The summed E-state index contributed by atoms with van der Waals surface area (Å²) in [5.41, 5.74) is 3.09. The third kappa shape index (κ3) is 9.12. The quantitative estimate of drug-likeness (QED) is 0.203. The highest BCUT2D eigenvalue weighted by atomic mass is 32.2. The van der Waals surface area contributed by atoms with Gasteiger partial charge in [-0.05, 0) is 86.6 Å². The number of nitrogens with zero attached hydrogens (tertiary/aromatic N) is 2. The molecule has 2 aromatic carbocycles. The highest BCUT2D eigenvalue weighted by molar-refractivity contribution is 8.04. The standard InChI is InChI=1S/C35H46N2O5S/c1-6-7-8-9-30-18-19-31(43-30)32(38)37(29-20-22-36(23-21-29)34(40)42-35(2,3)4)24-25-10-12-26(13-11-25)27-14-16-28(17-15-27)33(39)41-5/h10-18,29,31H,6-9,19-24H2,1-5H3. The van der Waals surface area contributed by atoms with Crippen LogP contribution in [0.5, 0.6) is 0 Å². The number of thioether (sulfide) groups is 1. The van der Waals surface area contributed by atoms with Crippen LogP contribution in [-0.4, -0.2) is 64.9 Å². The van der Waals surface area contributed by atoms with Crippen molar-refractivity contribution in [3.63, 3.8) is 0 Å². The molecule has 0 radical (unpaired) electrons. The first-order valence-electron chi connectivity index (χ1n) is 15.5. The van der Waals surface area contributed by atoms with Gasteiger partial charge in [0.05, 0.1) is 17.9 Å². The van der Waals surface area contributed by atoms with Crippen molar-refractivity contribution < 1.29 is 23.9 Å². The summed E-state index contributed by atoms with van der Waals surface area (Å²) in [6.45, 7) is 9.52. The topological polar surface area (TPSA) is 76.2 Å². The molecule has 2 aromatic rings. The lowest BCUT2D eigenvalue weighted by atomic mass is 10.00. The van der Waals surface area contributed by atoms with Crippen LogP contribution < -0.4 is 0 Å². The Morgan fingerprint density at radius 2 is 1.58 bits per heavy atom. The molecular weight excluding hydrogens is 560 g/mol. The van der Waals surface area contributed by atoms with Crippen LogP contribution in [0.1, 0.15) is 88.6 Å². The van der Waals surface area contributed by atoms with Crippen LogP contribution in [0, 0.1) is 0 Å². The van der Waals surface area contributed by atoms with Gasteiger partial charge < -0.3 is 19.3 Å². The van der Waals surface area contributed by atoms with Gasteiger partial charge in [0, 0.05) is 25.7 Å². The van der Waals surface area contributed by atoms with Crippen molar-refractivity contribution in [2.24, 2.45) is 0 Å². The van der Waals surface area contributed by atoms with E-state index in [1.54, 1.807) is 28.8 Å². The van der Waals surface area contributed by atoms with Gasteiger partial charge in [-0.2, -0.15) is 0 Å². The molecule has 2 amide bonds. The van der Waals surface area contributed by atoms with Gasteiger partial charge in [0.1, 0.15) is 5.60 Å². The van der Waals surface area contributed by atoms with E-state index in [1.807, 2.05) is 32.9 Å². The average Bonchev–Trinajstić information content (AvgIpc) is 3.48. The maximum absolute atomic E-state index is 14.1. The van der Waals surface area contributed by atoms with Crippen LogP contribution in [0.25, 0.3) is 11.1 Å². The second kappa shape index (κ2) is 15.0. The highest BCUT2D eigenvalue weighted by Crippen LogP contribution is 2.38. The molecule has 0 bridgehead atoms. The molecule has 1 fully saturated rings. The third-order valence-electron chi connectivity index (χ3n) is 7.94. The number of methoxy groups -OCH3 is 1. The Balaban J connectivity index is 1.46. The molecule has 232 valence electrons. The van der Waals surface area contributed by atoms with E-state index in [9.17, 15) is 14.4 Å². The maximum atomic E-state index is 14.1. The summed E-state index contributed by atoms with van der Waals surface area (Å²) in [7, 11) is 1.38. The zero-order valence-corrected chi connectivity index (χ0v) is 27.1. The smallest absolute Gasteiger partial charge is 0.410 e. The fourth-order valence-corrected chi connectivity index (χ4v) is 6.80. The van der Waals surface area contributed by atoms with Gasteiger partial charge in [0.2, 0.25) is 5.91 Å². The molecule has 2 aliphatic heterocycles. The van der Waals surface area contributed by atoms with Crippen molar-refractivity contribution in [3.8, 4) is 11.1 Å². The molecule has 7 nitrogen and oxygen atoms in total. The number of carbonyl (C=O) groups excluding carboxylic acids is 3. The minimum absolute atomic E-state index is 0.0569. The van der Waals surface area contributed by atoms with Crippen LogP contribution in [0.2, 0.25) is 0 Å². The first-order chi connectivity index (χ1) is 20.6. The van der Waals surface area contributed by atoms with Crippen molar-refractivity contribution in [1.29, 1.82) is 0 Å². The molecule has 2 heterocycles. The van der Waals surface area contributed by atoms with E-state index in [0.717, 1.165) is 42.4 Å². The van der Waals surface area contributed by atoms with Gasteiger partial charge in [-0.3, -0.25) is 4.79 Å². The molecule has 0 spiro atoms. The van der Waals surface area contributed by atoms with Crippen molar-refractivity contribution in [2.75, 3.05) is 20.2 Å². The van der Waals surface area contributed by atoms with E-state index in [1.165, 1.54) is 31.3 Å². The van der Waals surface area contributed by atoms with Crippen molar-refractivity contribution in [3.05, 3.63) is 70.6 Å². The molecule has 8 heteroatoms. The largest absolute Gasteiger partial charge is 0.465 e. The van der Waals surface area contributed by atoms with Gasteiger partial charge in [-0.25, -0.2) is 9.59 Å². The average molecular weight is 607 g/mol. The lowest BCUT2D eigenvalue weighted by Crippen LogP contribution is -2.51. The molecule has 1 unspecified atom stereocenters. The highest BCUT2D eigenvalue weighted by Gasteiger charge is 2.35. The number of allylic oxidation sites excluding steroid dienone is 2. The van der Waals surface area contributed by atoms with E-state index in [-0.39, 0.29) is 29.3 Å². The number of benzene rings is 2. The van der Waals surface area contributed by atoms with E-state index in [2.05, 4.69) is 42.2 Å². The number of piperidine rings is 1. The zero-order chi connectivity index (χ0) is 31.0. The Morgan fingerprint density at radius 1 is 0.953 bits per heavy atom. The minimum atomic E-state index is -0.535. The summed E-state index contributed by atoms with van der Waals surface area (Å²) >= 11 is 1.74. The first kappa shape index (κ1) is 32.6. The monoisotopic (exact) mass is 606 g/mol. The predicted octanol–water partition coefficient (Wildman–Crippen LogP) is 7.84. The molecule has 0 aromatic heterocycles. The van der Waals surface area contributed by atoms with Crippen LogP contribution in [0.15, 0.2) is 59.5 Å². The Morgan fingerprint density at radius 3 is 2.16 bits per heavy atom. The number of unbranched alkanes of at least 4 members (excludes halogenated alkanes) is 2. The minimum Gasteiger partial charge on any atom is -0.465 e. The van der Waals surface area contributed by atoms with Crippen LogP contribution >= 0.6 is 11.8 Å². The Bertz CT molecular complexity index is 1270. The van der Waals surface area contributed by atoms with Gasteiger partial charge in [0.15, 0.2) is 0 Å². The van der Waals surface area contributed by atoms with Gasteiger partial charge in [0.25, 0.3) is 0 Å². The van der Waals surface area contributed by atoms with Crippen LogP contribution in [0.4, 0.5) is 4.79 Å². The Kier molecular flexibility index (Phi) is 11.4. The molecule has 1 saturated heterocycles. The lowest BCUT2D eigenvalue weighted by molar-refractivity contribution is -0.134. The van der Waals surface area contributed by atoms with Crippen molar-refractivity contribution >= 4 is 29.7 Å². The summed E-state index contributed by atoms with van der Waals surface area (Å²) in [6, 6.07) is 15.7. The molecule has 43 heavy (non-hydrogen) atoms. The Hall–Kier alpha value is -3.26. The Labute approximate surface area is 261 Å². The molecular formula is C35H46N2O5S. The summed E-state index contributed by atoms with van der Waals surface area (Å²) in [5.74, 6) is -0.169. The molecule has 1 atom stereocenters. The summed E-state index contributed by atoms with van der Waals surface area (Å²) in [5, 5.41) is -0.0897. The maximum Gasteiger partial charge on any atom is 0.410 e. The molecule has 2 aliphatic rings. The van der Waals surface area contributed by atoms with Crippen molar-refractivity contribution in [2.45, 2.75) is 96.1 Å². The van der Waals surface area contributed by atoms with Crippen LogP contribution in [-0.2, 0) is 20.8 Å².